The lowest BCUT2D eigenvalue weighted by Crippen LogP contribution is -2.40. The molecule has 2 aliphatic rings. The van der Waals surface area contributed by atoms with Gasteiger partial charge in [0.05, 0.1) is 17.0 Å². The SMILES string of the molecule is CCC1C=CCN1C(=O)c1cccc(S(=O)(=O)N2CCC(O)CC2)c1. The maximum absolute atomic E-state index is 12.8. The van der Waals surface area contributed by atoms with Gasteiger partial charge in [0.25, 0.3) is 5.91 Å². The van der Waals surface area contributed by atoms with Crippen LogP contribution in [0.3, 0.4) is 0 Å². The van der Waals surface area contributed by atoms with Crippen LogP contribution in [-0.4, -0.2) is 60.4 Å². The van der Waals surface area contributed by atoms with E-state index in [0.29, 0.717) is 38.0 Å². The van der Waals surface area contributed by atoms with Gasteiger partial charge in [-0.15, -0.1) is 0 Å². The van der Waals surface area contributed by atoms with Crippen molar-refractivity contribution in [3.8, 4) is 0 Å². The smallest absolute Gasteiger partial charge is 0.254 e. The summed E-state index contributed by atoms with van der Waals surface area (Å²) in [4.78, 5) is 14.6. The molecule has 0 spiro atoms. The lowest BCUT2D eigenvalue weighted by molar-refractivity contribution is 0.0747. The second-order valence-electron chi connectivity index (χ2n) is 6.52. The van der Waals surface area contributed by atoms with Crippen LogP contribution >= 0.6 is 0 Å². The Morgan fingerprint density at radius 1 is 1.28 bits per heavy atom. The Kier molecular flexibility index (Phi) is 5.27. The summed E-state index contributed by atoms with van der Waals surface area (Å²) in [5, 5.41) is 9.57. The third-order valence-corrected chi connectivity index (χ3v) is 6.78. The van der Waals surface area contributed by atoms with Crippen molar-refractivity contribution in [3.05, 3.63) is 42.0 Å². The lowest BCUT2D eigenvalue weighted by atomic mass is 10.1. The van der Waals surface area contributed by atoms with E-state index in [2.05, 4.69) is 0 Å². The number of carbonyl (C=O) groups is 1. The topological polar surface area (TPSA) is 77.9 Å². The number of hydrogen-bond donors (Lipinski definition) is 1. The van der Waals surface area contributed by atoms with Gasteiger partial charge >= 0.3 is 0 Å². The molecule has 1 aromatic rings. The van der Waals surface area contributed by atoms with Gasteiger partial charge in [0.2, 0.25) is 10.0 Å². The summed E-state index contributed by atoms with van der Waals surface area (Å²) in [6.07, 6.45) is 5.25. The van der Waals surface area contributed by atoms with Crippen LogP contribution in [0.4, 0.5) is 0 Å². The zero-order valence-electron chi connectivity index (χ0n) is 14.3. The second kappa shape index (κ2) is 7.27. The van der Waals surface area contributed by atoms with E-state index in [4.69, 9.17) is 0 Å². The average molecular weight is 364 g/mol. The van der Waals surface area contributed by atoms with Crippen LogP contribution < -0.4 is 0 Å². The molecular formula is C18H24N2O4S. The summed E-state index contributed by atoms with van der Waals surface area (Å²) in [6.45, 7) is 3.18. The molecule has 7 heteroatoms. The molecule has 1 fully saturated rings. The largest absolute Gasteiger partial charge is 0.393 e. The summed E-state index contributed by atoms with van der Waals surface area (Å²) >= 11 is 0. The first kappa shape index (κ1) is 18.1. The minimum atomic E-state index is -3.65. The van der Waals surface area contributed by atoms with E-state index in [1.807, 2.05) is 19.1 Å². The monoisotopic (exact) mass is 364 g/mol. The molecule has 6 nitrogen and oxygen atoms in total. The van der Waals surface area contributed by atoms with Crippen LogP contribution in [0.15, 0.2) is 41.3 Å². The van der Waals surface area contributed by atoms with Crippen molar-refractivity contribution in [2.24, 2.45) is 0 Å². The number of sulfonamides is 1. The molecular weight excluding hydrogens is 340 g/mol. The highest BCUT2D eigenvalue weighted by Crippen LogP contribution is 2.23. The number of hydrogen-bond acceptors (Lipinski definition) is 4. The summed E-state index contributed by atoms with van der Waals surface area (Å²) in [7, 11) is -3.65. The third kappa shape index (κ3) is 3.63. The van der Waals surface area contributed by atoms with Crippen molar-refractivity contribution in [2.75, 3.05) is 19.6 Å². The first-order chi connectivity index (χ1) is 11.9. The van der Waals surface area contributed by atoms with E-state index < -0.39 is 16.1 Å². The Morgan fingerprint density at radius 2 is 2.00 bits per heavy atom. The molecule has 136 valence electrons. The Balaban J connectivity index is 1.83. The maximum atomic E-state index is 12.8. The fraction of sp³-hybridized carbons (Fsp3) is 0.500. The first-order valence-corrected chi connectivity index (χ1v) is 10.1. The van der Waals surface area contributed by atoms with Gasteiger partial charge in [-0.05, 0) is 37.5 Å². The minimum absolute atomic E-state index is 0.0661. The van der Waals surface area contributed by atoms with E-state index in [1.165, 1.54) is 16.4 Å². The molecule has 0 aromatic heterocycles. The standard InChI is InChI=1S/C18H24N2O4S/c1-2-15-6-4-10-20(15)18(22)14-5-3-7-17(13-14)25(23,24)19-11-8-16(21)9-12-19/h3-7,13,15-16,21H,2,8-12H2,1H3. The summed E-state index contributed by atoms with van der Waals surface area (Å²) < 4.78 is 27.0. The highest BCUT2D eigenvalue weighted by Gasteiger charge is 2.30. The van der Waals surface area contributed by atoms with Gasteiger partial charge in [-0.1, -0.05) is 25.1 Å². The van der Waals surface area contributed by atoms with Gasteiger partial charge in [0, 0.05) is 25.2 Å². The molecule has 1 saturated heterocycles. The molecule has 1 N–H and O–H groups in total. The molecule has 1 amide bonds. The highest BCUT2D eigenvalue weighted by atomic mass is 32.2. The van der Waals surface area contributed by atoms with Crippen molar-refractivity contribution < 1.29 is 18.3 Å². The molecule has 2 aliphatic heterocycles. The van der Waals surface area contributed by atoms with Crippen molar-refractivity contribution in [2.45, 2.75) is 43.2 Å². The number of aliphatic hydroxyl groups excluding tert-OH is 1. The number of amides is 1. The molecule has 0 saturated carbocycles. The van der Waals surface area contributed by atoms with Crippen LogP contribution in [0.1, 0.15) is 36.5 Å². The van der Waals surface area contributed by atoms with Crippen molar-refractivity contribution >= 4 is 15.9 Å². The fourth-order valence-corrected chi connectivity index (χ4v) is 4.86. The van der Waals surface area contributed by atoms with E-state index in [0.717, 1.165) is 6.42 Å². The average Bonchev–Trinajstić information content (AvgIpc) is 3.10. The van der Waals surface area contributed by atoms with Gasteiger partial charge in [-0.3, -0.25) is 4.79 Å². The van der Waals surface area contributed by atoms with Gasteiger partial charge < -0.3 is 10.0 Å². The summed E-state index contributed by atoms with van der Waals surface area (Å²) in [6, 6.07) is 6.33. The van der Waals surface area contributed by atoms with E-state index in [9.17, 15) is 18.3 Å². The van der Waals surface area contributed by atoms with E-state index in [-0.39, 0.29) is 16.8 Å². The second-order valence-corrected chi connectivity index (χ2v) is 8.46. The Morgan fingerprint density at radius 3 is 2.68 bits per heavy atom. The van der Waals surface area contributed by atoms with E-state index >= 15 is 0 Å². The normalized spacial score (nSPS) is 22.5. The Bertz CT molecular complexity index is 767. The first-order valence-electron chi connectivity index (χ1n) is 8.69. The molecule has 3 rings (SSSR count). The molecule has 1 aromatic carbocycles. The van der Waals surface area contributed by atoms with Gasteiger partial charge in [0.15, 0.2) is 0 Å². The molecule has 1 unspecified atom stereocenters. The third-order valence-electron chi connectivity index (χ3n) is 4.88. The van der Waals surface area contributed by atoms with Gasteiger partial charge in [-0.2, -0.15) is 4.31 Å². The number of rotatable bonds is 4. The van der Waals surface area contributed by atoms with Crippen LogP contribution in [-0.2, 0) is 10.0 Å². The Hall–Kier alpha value is -1.70. The zero-order chi connectivity index (χ0) is 18.0. The van der Waals surface area contributed by atoms with E-state index in [1.54, 1.807) is 17.0 Å². The maximum Gasteiger partial charge on any atom is 0.254 e. The highest BCUT2D eigenvalue weighted by molar-refractivity contribution is 7.89. The molecule has 0 radical (unpaired) electrons. The lowest BCUT2D eigenvalue weighted by Gasteiger charge is -2.29. The van der Waals surface area contributed by atoms with Gasteiger partial charge in [0.1, 0.15) is 0 Å². The molecule has 25 heavy (non-hydrogen) atoms. The number of carbonyl (C=O) groups excluding carboxylic acids is 1. The summed E-state index contributed by atoms with van der Waals surface area (Å²) in [5.74, 6) is -0.150. The van der Waals surface area contributed by atoms with Crippen LogP contribution in [0.25, 0.3) is 0 Å². The van der Waals surface area contributed by atoms with Crippen molar-refractivity contribution in [3.63, 3.8) is 0 Å². The predicted molar refractivity (Wildman–Crippen MR) is 94.7 cm³/mol. The summed E-state index contributed by atoms with van der Waals surface area (Å²) in [5.41, 5.74) is 0.389. The van der Waals surface area contributed by atoms with Crippen LogP contribution in [0.2, 0.25) is 0 Å². The Labute approximate surface area is 148 Å². The number of benzene rings is 1. The molecule has 0 aliphatic carbocycles. The molecule has 2 heterocycles. The fourth-order valence-electron chi connectivity index (χ4n) is 3.35. The number of piperidine rings is 1. The van der Waals surface area contributed by atoms with Gasteiger partial charge in [-0.25, -0.2) is 8.42 Å². The quantitative estimate of drug-likeness (QED) is 0.824. The molecule has 1 atom stereocenters. The predicted octanol–water partition coefficient (Wildman–Crippen LogP) is 1.62. The van der Waals surface area contributed by atoms with Crippen LogP contribution in [0.5, 0.6) is 0 Å². The van der Waals surface area contributed by atoms with Crippen molar-refractivity contribution in [1.29, 1.82) is 0 Å². The molecule has 0 bridgehead atoms. The minimum Gasteiger partial charge on any atom is -0.393 e. The number of nitrogens with zero attached hydrogens (tertiary/aromatic N) is 2. The van der Waals surface area contributed by atoms with Crippen molar-refractivity contribution in [1.82, 2.24) is 9.21 Å². The zero-order valence-corrected chi connectivity index (χ0v) is 15.2. The number of aliphatic hydroxyl groups is 1. The van der Waals surface area contributed by atoms with Crippen LogP contribution in [0, 0.1) is 0 Å².